The van der Waals surface area contributed by atoms with Gasteiger partial charge in [-0.15, -0.1) is 0 Å². The summed E-state index contributed by atoms with van der Waals surface area (Å²) in [4.78, 5) is 30.3. The average Bonchev–Trinajstić information content (AvgIpc) is 3.59. The maximum Gasteiger partial charge on any atom is 0.319 e. The molecule has 2 aromatic carbocycles. The monoisotopic (exact) mass is 649 g/mol. The van der Waals surface area contributed by atoms with Gasteiger partial charge in [0.1, 0.15) is 41.4 Å². The number of piperidine rings is 1. The van der Waals surface area contributed by atoms with Crippen LogP contribution >= 0.6 is 0 Å². The van der Waals surface area contributed by atoms with E-state index < -0.39 is 23.3 Å². The third kappa shape index (κ3) is 5.40. The van der Waals surface area contributed by atoms with Gasteiger partial charge in [-0.05, 0) is 72.7 Å². The fraction of sp³-hybridized carbons (Fsp3) is 0.486. The lowest BCUT2D eigenvalue weighted by Gasteiger charge is -2.36. The van der Waals surface area contributed by atoms with Gasteiger partial charge in [0.05, 0.1) is 24.0 Å². The molecule has 0 bridgehead atoms. The predicted molar refractivity (Wildman–Crippen MR) is 171 cm³/mol. The highest BCUT2D eigenvalue weighted by Crippen LogP contribution is 2.42. The molecule has 2 aromatic heterocycles. The predicted octanol–water partition coefficient (Wildman–Crippen LogP) is 5.98. The molecule has 0 amide bonds. The standard InChI is InChI=1S/C35H38F3N5O4/c1-4-23-27(37)7-6-20-12-22(44)13-25(28(20)23)30-29(38)31-26(15-39-30)32(42-11-8-24(19(2)16-42)33(45)46-3)41-34(40-31)47-18-35-9-5-10-43(35)17-21(36)14-35/h6-7,12-13,15,19,21,24,44H,4-5,8-11,14,16-18H2,1-3H3/t19-,21-,24+,35+/m1/s1. The number of anilines is 1. The maximum absolute atomic E-state index is 16.9. The van der Waals surface area contributed by atoms with E-state index in [1.54, 1.807) is 6.07 Å². The SMILES string of the molecule is CCc1c(F)ccc2cc(O)cc(-c3ncc4c(N5CC[C@H](C(=O)OC)[C@H](C)C5)nc(OC[C@@]56CCCN5C[C@H](F)C6)nc4c3F)c12. The number of fused-ring (bicyclic) bond motifs is 3. The highest BCUT2D eigenvalue weighted by molar-refractivity contribution is 6.01. The van der Waals surface area contributed by atoms with E-state index in [1.165, 1.54) is 31.5 Å². The van der Waals surface area contributed by atoms with Crippen LogP contribution in [0.3, 0.4) is 0 Å². The number of hydrogen-bond donors (Lipinski definition) is 1. The summed E-state index contributed by atoms with van der Waals surface area (Å²) in [6, 6.07) is 5.74. The minimum absolute atomic E-state index is 0.0424. The van der Waals surface area contributed by atoms with Crippen LogP contribution in [0.25, 0.3) is 32.9 Å². The summed E-state index contributed by atoms with van der Waals surface area (Å²) in [6.07, 6.45) is 3.50. The summed E-state index contributed by atoms with van der Waals surface area (Å²) < 4.78 is 57.5. The summed E-state index contributed by atoms with van der Waals surface area (Å²) >= 11 is 0. The van der Waals surface area contributed by atoms with Crippen LogP contribution in [0.15, 0.2) is 30.5 Å². The second kappa shape index (κ2) is 12.1. The molecular formula is C35H38F3N5O4. The second-order valence-corrected chi connectivity index (χ2v) is 13.2. The van der Waals surface area contributed by atoms with E-state index in [2.05, 4.69) is 14.9 Å². The molecule has 0 radical (unpaired) electrons. The number of pyridine rings is 1. The minimum Gasteiger partial charge on any atom is -0.508 e. The molecule has 9 nitrogen and oxygen atoms in total. The number of methoxy groups -OCH3 is 1. The van der Waals surface area contributed by atoms with Gasteiger partial charge in [-0.25, -0.2) is 13.2 Å². The molecule has 0 spiro atoms. The van der Waals surface area contributed by atoms with Crippen molar-refractivity contribution in [3.63, 3.8) is 0 Å². The number of aryl methyl sites for hydroxylation is 1. The van der Waals surface area contributed by atoms with Crippen molar-refractivity contribution in [2.45, 2.75) is 57.7 Å². The number of alkyl halides is 1. The minimum atomic E-state index is -0.939. The number of carbonyl (C=O) groups excluding carboxylic acids is 1. The van der Waals surface area contributed by atoms with Crippen molar-refractivity contribution in [2.75, 3.05) is 44.8 Å². The summed E-state index contributed by atoms with van der Waals surface area (Å²) in [5, 5.41) is 11.9. The Morgan fingerprint density at radius 1 is 1.17 bits per heavy atom. The van der Waals surface area contributed by atoms with Crippen LogP contribution in [0, 0.1) is 23.5 Å². The lowest BCUT2D eigenvalue weighted by atomic mass is 9.87. The molecule has 1 N–H and O–H groups in total. The smallest absolute Gasteiger partial charge is 0.319 e. The number of nitrogens with zero attached hydrogens (tertiary/aromatic N) is 5. The van der Waals surface area contributed by atoms with Crippen molar-refractivity contribution in [3.05, 3.63) is 47.7 Å². The Balaban J connectivity index is 1.35. The van der Waals surface area contributed by atoms with Gasteiger partial charge >= 0.3 is 12.0 Å². The normalized spacial score (nSPS) is 24.6. The van der Waals surface area contributed by atoms with E-state index in [0.29, 0.717) is 66.4 Å². The summed E-state index contributed by atoms with van der Waals surface area (Å²) in [6.45, 7) is 6.00. The van der Waals surface area contributed by atoms with Gasteiger partial charge in [-0.1, -0.05) is 19.9 Å². The molecule has 3 aliphatic heterocycles. The van der Waals surface area contributed by atoms with Gasteiger partial charge < -0.3 is 19.5 Å². The zero-order chi connectivity index (χ0) is 33.0. The van der Waals surface area contributed by atoms with E-state index in [1.807, 2.05) is 18.7 Å². The molecule has 0 unspecified atom stereocenters. The third-order valence-electron chi connectivity index (χ3n) is 10.3. The number of benzene rings is 2. The van der Waals surface area contributed by atoms with Crippen LogP contribution in [0.4, 0.5) is 19.0 Å². The number of carbonyl (C=O) groups is 1. The lowest BCUT2D eigenvalue weighted by molar-refractivity contribution is -0.147. The van der Waals surface area contributed by atoms with E-state index in [9.17, 15) is 18.7 Å². The van der Waals surface area contributed by atoms with Gasteiger partial charge in [0, 0.05) is 37.8 Å². The highest BCUT2D eigenvalue weighted by Gasteiger charge is 2.49. The van der Waals surface area contributed by atoms with E-state index in [-0.39, 0.29) is 52.9 Å². The van der Waals surface area contributed by atoms with Crippen LogP contribution < -0.4 is 9.64 Å². The molecule has 4 atom stereocenters. The number of rotatable bonds is 7. The number of esters is 1. The van der Waals surface area contributed by atoms with E-state index in [0.717, 1.165) is 19.4 Å². The number of halogens is 3. The van der Waals surface area contributed by atoms with Crippen molar-refractivity contribution in [2.24, 2.45) is 11.8 Å². The van der Waals surface area contributed by atoms with Gasteiger partial charge in [-0.2, -0.15) is 9.97 Å². The van der Waals surface area contributed by atoms with Crippen LogP contribution in [-0.4, -0.2) is 82.5 Å². The van der Waals surface area contributed by atoms with Gasteiger partial charge in [0.2, 0.25) is 0 Å². The third-order valence-corrected chi connectivity index (χ3v) is 10.3. The molecule has 3 fully saturated rings. The van der Waals surface area contributed by atoms with Crippen molar-refractivity contribution in [1.29, 1.82) is 0 Å². The second-order valence-electron chi connectivity index (χ2n) is 13.2. The Labute approximate surface area is 270 Å². The van der Waals surface area contributed by atoms with Crippen LogP contribution in [-0.2, 0) is 16.0 Å². The molecule has 4 aromatic rings. The number of ether oxygens (including phenoxy) is 2. The Morgan fingerprint density at radius 3 is 2.77 bits per heavy atom. The fourth-order valence-electron chi connectivity index (χ4n) is 8.03. The molecule has 12 heteroatoms. The fourth-order valence-corrected chi connectivity index (χ4v) is 8.03. The molecule has 0 saturated carbocycles. The number of hydrogen-bond acceptors (Lipinski definition) is 9. The van der Waals surface area contributed by atoms with Crippen LogP contribution in [0.2, 0.25) is 0 Å². The number of phenols is 1. The van der Waals surface area contributed by atoms with Crippen molar-refractivity contribution < 1.29 is 32.5 Å². The van der Waals surface area contributed by atoms with Crippen LogP contribution in [0.5, 0.6) is 11.8 Å². The first-order chi connectivity index (χ1) is 22.6. The first-order valence-corrected chi connectivity index (χ1v) is 16.3. The Kier molecular flexibility index (Phi) is 8.10. The average molecular weight is 650 g/mol. The Bertz CT molecular complexity index is 1880. The number of aromatic hydroxyl groups is 1. The summed E-state index contributed by atoms with van der Waals surface area (Å²) in [5.41, 5.74) is 0.0277. The number of aromatic nitrogens is 3. The Hall–Kier alpha value is -4.19. The molecule has 5 heterocycles. The van der Waals surface area contributed by atoms with Crippen molar-refractivity contribution in [3.8, 4) is 23.0 Å². The molecule has 7 rings (SSSR count). The summed E-state index contributed by atoms with van der Waals surface area (Å²) in [7, 11) is 1.38. The van der Waals surface area contributed by atoms with E-state index >= 15 is 4.39 Å². The van der Waals surface area contributed by atoms with Gasteiger partial charge in [0.15, 0.2) is 5.82 Å². The largest absolute Gasteiger partial charge is 0.508 e. The highest BCUT2D eigenvalue weighted by atomic mass is 19.1. The van der Waals surface area contributed by atoms with E-state index in [4.69, 9.17) is 14.5 Å². The first-order valence-electron chi connectivity index (χ1n) is 16.3. The lowest BCUT2D eigenvalue weighted by Crippen LogP contribution is -2.44. The molecule has 47 heavy (non-hydrogen) atoms. The number of phenolic OH excluding ortho intramolecular Hbond substituents is 1. The van der Waals surface area contributed by atoms with Gasteiger partial charge in [0.25, 0.3) is 0 Å². The molecule has 3 saturated heterocycles. The zero-order valence-corrected chi connectivity index (χ0v) is 26.7. The summed E-state index contributed by atoms with van der Waals surface area (Å²) in [5.74, 6) is -1.52. The maximum atomic E-state index is 16.9. The quantitative estimate of drug-likeness (QED) is 0.242. The molecule has 3 aliphatic rings. The molecule has 248 valence electrons. The van der Waals surface area contributed by atoms with Gasteiger partial charge in [-0.3, -0.25) is 14.7 Å². The molecule has 0 aliphatic carbocycles. The Morgan fingerprint density at radius 2 is 2.00 bits per heavy atom. The van der Waals surface area contributed by atoms with Crippen molar-refractivity contribution in [1.82, 2.24) is 19.9 Å². The zero-order valence-electron chi connectivity index (χ0n) is 26.7. The van der Waals surface area contributed by atoms with Crippen molar-refractivity contribution >= 4 is 33.5 Å². The first kappa shape index (κ1) is 31.4. The topological polar surface area (TPSA) is 101 Å². The molecular weight excluding hydrogens is 611 g/mol. The van der Waals surface area contributed by atoms with Crippen LogP contribution in [0.1, 0.15) is 45.1 Å².